The number of pyridine rings is 1. The molecule has 2 heterocycles. The van der Waals surface area contributed by atoms with Crippen molar-refractivity contribution < 1.29 is 4.79 Å². The predicted molar refractivity (Wildman–Crippen MR) is 104 cm³/mol. The minimum absolute atomic E-state index is 0.151. The number of benzene rings is 1. The molecule has 1 aromatic heterocycles. The maximum Gasteiger partial charge on any atom is 0.230 e. The number of amides is 1. The van der Waals surface area contributed by atoms with E-state index in [1.165, 1.54) is 24.2 Å². The molecule has 1 aromatic carbocycles. The summed E-state index contributed by atoms with van der Waals surface area (Å²) in [6.45, 7) is 0.580. The van der Waals surface area contributed by atoms with Crippen LogP contribution in [0.3, 0.4) is 0 Å². The van der Waals surface area contributed by atoms with Crippen LogP contribution in [-0.4, -0.2) is 17.1 Å². The zero-order valence-electron chi connectivity index (χ0n) is 14.5. The predicted octanol–water partition coefficient (Wildman–Crippen LogP) is 4.97. The maximum absolute atomic E-state index is 13.3. The molecule has 25 heavy (non-hydrogen) atoms. The Kier molecular flexibility index (Phi) is 4.66. The third-order valence-corrected chi connectivity index (χ3v) is 5.91. The summed E-state index contributed by atoms with van der Waals surface area (Å²) in [6.07, 6.45) is 9.47. The van der Waals surface area contributed by atoms with Crippen molar-refractivity contribution in [2.45, 2.75) is 43.5 Å². The summed E-state index contributed by atoms with van der Waals surface area (Å²) in [7, 11) is 0. The maximum atomic E-state index is 13.3. The van der Waals surface area contributed by atoms with Crippen LogP contribution in [0.1, 0.15) is 37.7 Å². The molecule has 0 saturated heterocycles. The van der Waals surface area contributed by atoms with Crippen LogP contribution in [-0.2, 0) is 11.3 Å². The number of hydrogen-bond acceptors (Lipinski definition) is 4. The van der Waals surface area contributed by atoms with Gasteiger partial charge in [0.1, 0.15) is 5.82 Å². The minimum atomic E-state index is 0.151. The molecule has 0 radical (unpaired) electrons. The van der Waals surface area contributed by atoms with Crippen LogP contribution in [0.15, 0.2) is 41.4 Å². The van der Waals surface area contributed by atoms with Crippen LogP contribution < -0.4 is 10.2 Å². The molecule has 1 saturated carbocycles. The molecule has 5 heteroatoms. The fourth-order valence-corrected chi connectivity index (χ4v) is 4.23. The molecule has 0 bridgehead atoms. The standard InChI is InChI=1S/C20H23N3OS/c1-25-16-9-10-17-18(12-16)23(20(24)14-6-3-2-4-7-14)13-15-8-5-11-21-19(15)22-17/h5,8-12,14H,2-4,6-7,13H2,1H3,(H,21,22). The van der Waals surface area contributed by atoms with E-state index in [4.69, 9.17) is 0 Å². The smallest absolute Gasteiger partial charge is 0.230 e. The molecule has 2 aliphatic rings. The minimum Gasteiger partial charge on any atom is -0.338 e. The molecule has 130 valence electrons. The highest BCUT2D eigenvalue weighted by atomic mass is 32.2. The first-order valence-corrected chi connectivity index (χ1v) is 10.2. The molecule has 4 rings (SSSR count). The van der Waals surface area contributed by atoms with E-state index < -0.39 is 0 Å². The Labute approximate surface area is 153 Å². The summed E-state index contributed by atoms with van der Waals surface area (Å²) < 4.78 is 0. The van der Waals surface area contributed by atoms with Crippen LogP contribution in [0.4, 0.5) is 17.2 Å². The summed E-state index contributed by atoms with van der Waals surface area (Å²) >= 11 is 1.70. The second-order valence-corrected chi connectivity index (χ2v) is 7.66. The van der Waals surface area contributed by atoms with Gasteiger partial charge in [0.05, 0.1) is 17.9 Å². The molecule has 1 amide bonds. The summed E-state index contributed by atoms with van der Waals surface area (Å²) in [5.74, 6) is 1.26. The summed E-state index contributed by atoms with van der Waals surface area (Å²) in [5, 5.41) is 3.43. The molecule has 1 fully saturated rings. The summed E-state index contributed by atoms with van der Waals surface area (Å²) in [4.78, 5) is 21.0. The Morgan fingerprint density at radius 3 is 2.88 bits per heavy atom. The number of aromatic nitrogens is 1. The molecule has 0 unspecified atom stereocenters. The van der Waals surface area contributed by atoms with Gasteiger partial charge in [-0.2, -0.15) is 0 Å². The van der Waals surface area contributed by atoms with E-state index in [0.29, 0.717) is 6.54 Å². The number of anilines is 3. The van der Waals surface area contributed by atoms with Gasteiger partial charge in [0.15, 0.2) is 0 Å². The van der Waals surface area contributed by atoms with Gasteiger partial charge in [-0.1, -0.05) is 25.3 Å². The number of fused-ring (bicyclic) bond motifs is 2. The van der Waals surface area contributed by atoms with Gasteiger partial charge in [-0.25, -0.2) is 4.98 Å². The van der Waals surface area contributed by atoms with E-state index in [1.807, 2.05) is 11.0 Å². The van der Waals surface area contributed by atoms with Crippen LogP contribution in [0.25, 0.3) is 0 Å². The van der Waals surface area contributed by atoms with Crippen molar-refractivity contribution in [1.29, 1.82) is 0 Å². The first-order chi connectivity index (χ1) is 12.3. The Morgan fingerprint density at radius 2 is 2.08 bits per heavy atom. The first-order valence-electron chi connectivity index (χ1n) is 8.96. The topological polar surface area (TPSA) is 45.2 Å². The van der Waals surface area contributed by atoms with Gasteiger partial charge in [-0.15, -0.1) is 11.8 Å². The average molecular weight is 353 g/mol. The monoisotopic (exact) mass is 353 g/mol. The number of hydrogen-bond donors (Lipinski definition) is 1. The lowest BCUT2D eigenvalue weighted by molar-refractivity contribution is -0.123. The number of rotatable bonds is 2. The molecule has 0 atom stereocenters. The van der Waals surface area contributed by atoms with E-state index in [9.17, 15) is 4.79 Å². The Bertz CT molecular complexity index is 786. The van der Waals surface area contributed by atoms with Crippen molar-refractivity contribution in [3.63, 3.8) is 0 Å². The second-order valence-electron chi connectivity index (χ2n) is 6.78. The van der Waals surface area contributed by atoms with Crippen LogP contribution in [0.5, 0.6) is 0 Å². The van der Waals surface area contributed by atoms with Gasteiger partial charge in [0.25, 0.3) is 0 Å². The molecule has 1 aliphatic carbocycles. The van der Waals surface area contributed by atoms with Gasteiger partial charge < -0.3 is 10.2 Å². The zero-order chi connectivity index (χ0) is 17.2. The summed E-state index contributed by atoms with van der Waals surface area (Å²) in [5.41, 5.74) is 2.99. The SMILES string of the molecule is CSc1ccc2c(c1)N(C(=O)C1CCCCC1)Cc1cccnc1N2. The third kappa shape index (κ3) is 3.25. The first kappa shape index (κ1) is 16.5. The van der Waals surface area contributed by atoms with Crippen molar-refractivity contribution in [1.82, 2.24) is 4.98 Å². The number of thioether (sulfide) groups is 1. The largest absolute Gasteiger partial charge is 0.338 e. The van der Waals surface area contributed by atoms with E-state index in [-0.39, 0.29) is 11.8 Å². The van der Waals surface area contributed by atoms with Crippen LogP contribution in [0, 0.1) is 5.92 Å². The highest BCUT2D eigenvalue weighted by Gasteiger charge is 2.30. The molecule has 0 spiro atoms. The molecular weight excluding hydrogens is 330 g/mol. The van der Waals surface area contributed by atoms with Crippen molar-refractivity contribution in [3.8, 4) is 0 Å². The zero-order valence-corrected chi connectivity index (χ0v) is 15.3. The van der Waals surface area contributed by atoms with Crippen molar-refractivity contribution in [2.75, 3.05) is 16.5 Å². The highest BCUT2D eigenvalue weighted by molar-refractivity contribution is 7.98. The van der Waals surface area contributed by atoms with Gasteiger partial charge in [0.2, 0.25) is 5.91 Å². The van der Waals surface area contributed by atoms with E-state index in [0.717, 1.165) is 35.6 Å². The second kappa shape index (κ2) is 7.08. The molecule has 1 N–H and O–H groups in total. The van der Waals surface area contributed by atoms with Crippen molar-refractivity contribution in [3.05, 3.63) is 42.1 Å². The van der Waals surface area contributed by atoms with Gasteiger partial charge in [-0.3, -0.25) is 4.79 Å². The van der Waals surface area contributed by atoms with Gasteiger partial charge in [-0.05, 0) is 43.4 Å². The van der Waals surface area contributed by atoms with Gasteiger partial charge >= 0.3 is 0 Å². The Morgan fingerprint density at radius 1 is 1.24 bits per heavy atom. The molecule has 1 aliphatic heterocycles. The Balaban J connectivity index is 1.77. The van der Waals surface area contributed by atoms with Crippen molar-refractivity contribution in [2.24, 2.45) is 5.92 Å². The number of carbonyl (C=O) groups is 1. The van der Waals surface area contributed by atoms with Crippen LogP contribution >= 0.6 is 11.8 Å². The highest BCUT2D eigenvalue weighted by Crippen LogP contribution is 2.39. The average Bonchev–Trinajstić information content (AvgIpc) is 2.84. The number of nitrogens with zero attached hydrogens (tertiary/aromatic N) is 2. The quantitative estimate of drug-likeness (QED) is 0.774. The summed E-state index contributed by atoms with van der Waals surface area (Å²) in [6, 6.07) is 10.3. The molecular formula is C20H23N3OS. The van der Waals surface area contributed by atoms with Crippen molar-refractivity contribution >= 4 is 34.9 Å². The lowest BCUT2D eigenvalue weighted by Crippen LogP contribution is -2.36. The number of nitrogens with one attached hydrogen (secondary N) is 1. The third-order valence-electron chi connectivity index (χ3n) is 5.19. The fraction of sp³-hybridized carbons (Fsp3) is 0.400. The fourth-order valence-electron chi connectivity index (χ4n) is 3.80. The molecule has 2 aromatic rings. The number of carbonyl (C=O) groups excluding carboxylic acids is 1. The lowest BCUT2D eigenvalue weighted by atomic mass is 9.88. The van der Waals surface area contributed by atoms with E-state index >= 15 is 0 Å². The van der Waals surface area contributed by atoms with E-state index in [2.05, 4.69) is 40.8 Å². The normalized spacial score (nSPS) is 17.2. The lowest BCUT2D eigenvalue weighted by Gasteiger charge is -2.29. The van der Waals surface area contributed by atoms with E-state index in [1.54, 1.807) is 18.0 Å². The van der Waals surface area contributed by atoms with Crippen LogP contribution in [0.2, 0.25) is 0 Å². The Hall–Kier alpha value is -2.01. The molecule has 4 nitrogen and oxygen atoms in total. The van der Waals surface area contributed by atoms with Gasteiger partial charge in [0, 0.05) is 22.6 Å².